The quantitative estimate of drug-likeness (QED) is 0.315. The Labute approximate surface area is 198 Å². The van der Waals surface area contributed by atoms with Gasteiger partial charge in [0.2, 0.25) is 0 Å². The summed E-state index contributed by atoms with van der Waals surface area (Å²) in [7, 11) is 0. The number of rotatable bonds is 5. The Morgan fingerprint density at radius 2 is 1.53 bits per heavy atom. The maximum Gasteiger partial charge on any atom is 0.405 e. The summed E-state index contributed by atoms with van der Waals surface area (Å²) in [4.78, 5) is 0. The fourth-order valence-corrected chi connectivity index (χ4v) is 3.76. The Kier molecular flexibility index (Phi) is 6.59. The van der Waals surface area contributed by atoms with E-state index in [-0.39, 0.29) is 38.8 Å². The maximum atomic E-state index is 14.9. The molecule has 0 aliphatic carbocycles. The summed E-state index contributed by atoms with van der Waals surface area (Å²) < 4.78 is 111. The van der Waals surface area contributed by atoms with Crippen molar-refractivity contribution in [1.82, 2.24) is 0 Å². The summed E-state index contributed by atoms with van der Waals surface area (Å²) in [5.41, 5.74) is 0.283. The normalized spacial score (nSPS) is 13.8. The summed E-state index contributed by atoms with van der Waals surface area (Å²) in [6, 6.07) is 9.79. The number of aromatic hydroxyl groups is 1. The molecule has 4 rings (SSSR count). The molecule has 0 amide bonds. The molecule has 1 aliphatic heterocycles. The largest absolute Gasteiger partial charge is 0.508 e. The molecule has 0 atom stereocenters. The molecule has 11 heteroatoms. The number of alkyl halides is 6. The molecule has 3 aromatic rings. The topological polar surface area (TPSA) is 41.5 Å². The molecule has 0 spiro atoms. The molecule has 1 heterocycles. The first-order chi connectivity index (χ1) is 16.8. The summed E-state index contributed by atoms with van der Waals surface area (Å²) in [5, 5.41) is 11.6. The lowest BCUT2D eigenvalue weighted by atomic mass is 9.92. The molecule has 3 nitrogen and oxygen atoms in total. The van der Waals surface area contributed by atoms with Gasteiger partial charge in [-0.1, -0.05) is 18.2 Å². The molecule has 1 aliphatic rings. The second-order valence-electron chi connectivity index (χ2n) is 8.05. The van der Waals surface area contributed by atoms with Crippen molar-refractivity contribution < 1.29 is 45.0 Å². The number of benzene rings is 3. The molecular formula is C25H17F8NO2. The molecular weight excluding hydrogens is 498 g/mol. The Morgan fingerprint density at radius 1 is 0.833 bits per heavy atom. The first kappa shape index (κ1) is 25.3. The molecule has 0 bridgehead atoms. The predicted molar refractivity (Wildman–Crippen MR) is 116 cm³/mol. The minimum absolute atomic E-state index is 0.0126. The van der Waals surface area contributed by atoms with Gasteiger partial charge in [0, 0.05) is 34.1 Å². The number of hydrogen-bond acceptors (Lipinski definition) is 3. The monoisotopic (exact) mass is 515 g/mol. The third kappa shape index (κ3) is 5.72. The van der Waals surface area contributed by atoms with E-state index in [4.69, 9.17) is 4.74 Å². The highest BCUT2D eigenvalue weighted by Gasteiger charge is 2.29. The van der Waals surface area contributed by atoms with Crippen LogP contribution in [0.15, 0.2) is 48.5 Å². The summed E-state index contributed by atoms with van der Waals surface area (Å²) in [6.45, 7) is -1.50. The number of fused-ring (bicyclic) bond motifs is 2. The minimum atomic E-state index is -4.61. The van der Waals surface area contributed by atoms with Crippen LogP contribution in [0.4, 0.5) is 40.8 Å². The lowest BCUT2D eigenvalue weighted by molar-refractivity contribution is -0.133. The molecule has 0 unspecified atom stereocenters. The lowest BCUT2D eigenvalue weighted by Crippen LogP contribution is -2.24. The molecule has 2 N–H and O–H groups in total. The van der Waals surface area contributed by atoms with Crippen molar-refractivity contribution in [1.29, 1.82) is 0 Å². The van der Waals surface area contributed by atoms with Gasteiger partial charge in [0.15, 0.2) is 0 Å². The van der Waals surface area contributed by atoms with Gasteiger partial charge in [0.05, 0.1) is 5.69 Å². The van der Waals surface area contributed by atoms with Crippen LogP contribution in [0.2, 0.25) is 0 Å². The lowest BCUT2D eigenvalue weighted by Gasteiger charge is -2.23. The third-order valence-electron chi connectivity index (χ3n) is 5.35. The summed E-state index contributed by atoms with van der Waals surface area (Å²) >= 11 is 0. The highest BCUT2D eigenvalue weighted by atomic mass is 19.4. The van der Waals surface area contributed by atoms with Crippen molar-refractivity contribution >= 4 is 17.3 Å². The highest BCUT2D eigenvalue weighted by Crippen LogP contribution is 2.39. The van der Waals surface area contributed by atoms with Crippen molar-refractivity contribution in [2.24, 2.45) is 0 Å². The molecule has 190 valence electrons. The van der Waals surface area contributed by atoms with Gasteiger partial charge in [-0.25, -0.2) is 8.78 Å². The standard InChI is InChI=1S/C25H17F8NO2/c26-18-9-16-21(8-14(18)2-1-7-24(28,29)30)36-22-11-20(34-12-25(31,32)33)19(27)10-17(22)23(16)13-3-5-15(35)6-4-13/h2-6,8-11,34-35H,1,7,12H2/b14-2-. The number of ether oxygens (including phenoxy) is 1. The molecule has 0 aromatic heterocycles. The second kappa shape index (κ2) is 9.36. The van der Waals surface area contributed by atoms with Gasteiger partial charge in [-0.3, -0.25) is 0 Å². The van der Waals surface area contributed by atoms with Crippen molar-refractivity contribution in [2.45, 2.75) is 25.2 Å². The second-order valence-corrected chi connectivity index (χ2v) is 8.05. The summed E-state index contributed by atoms with van der Waals surface area (Å²) in [5.74, 6) is -1.98. The molecule has 0 saturated carbocycles. The molecule has 0 radical (unpaired) electrons. The fraction of sp³-hybridized carbons (Fsp3) is 0.200. The smallest absolute Gasteiger partial charge is 0.405 e. The maximum absolute atomic E-state index is 14.9. The highest BCUT2D eigenvalue weighted by molar-refractivity contribution is 5.86. The number of phenolic OH excluding ortho intramolecular Hbond substituents is 1. The van der Waals surface area contributed by atoms with Crippen LogP contribution in [0.3, 0.4) is 0 Å². The van der Waals surface area contributed by atoms with E-state index in [2.05, 4.69) is 0 Å². The summed E-state index contributed by atoms with van der Waals surface area (Å²) in [6.07, 6.45) is -9.63. The Balaban J connectivity index is 1.89. The van der Waals surface area contributed by atoms with E-state index in [1.54, 1.807) is 0 Å². The zero-order chi connectivity index (χ0) is 26.3. The van der Waals surface area contributed by atoms with Crippen LogP contribution in [0.25, 0.3) is 11.6 Å². The van der Waals surface area contributed by atoms with Crippen molar-refractivity contribution in [3.05, 3.63) is 81.7 Å². The first-order valence-electron chi connectivity index (χ1n) is 10.5. The van der Waals surface area contributed by atoms with Gasteiger partial charge in [-0.2, -0.15) is 26.3 Å². The zero-order valence-electron chi connectivity index (χ0n) is 18.2. The van der Waals surface area contributed by atoms with Crippen LogP contribution in [-0.4, -0.2) is 24.0 Å². The van der Waals surface area contributed by atoms with Crippen molar-refractivity contribution in [3.63, 3.8) is 0 Å². The van der Waals surface area contributed by atoms with E-state index in [1.807, 2.05) is 5.32 Å². The van der Waals surface area contributed by atoms with Crippen LogP contribution < -0.4 is 20.5 Å². The van der Waals surface area contributed by atoms with Gasteiger partial charge in [0.1, 0.15) is 35.4 Å². The SMILES string of the molecule is Oc1ccc(C2=c3cc(F)/c(=C\CCC(F)(F)F)cc3Oc3cc(NCC(F)(F)F)c(F)cc32)cc1. The van der Waals surface area contributed by atoms with Gasteiger partial charge < -0.3 is 15.2 Å². The van der Waals surface area contributed by atoms with Gasteiger partial charge >= 0.3 is 12.4 Å². The Morgan fingerprint density at radius 3 is 2.17 bits per heavy atom. The van der Waals surface area contributed by atoms with Crippen molar-refractivity contribution in [3.8, 4) is 17.2 Å². The van der Waals surface area contributed by atoms with Crippen LogP contribution >= 0.6 is 0 Å². The van der Waals surface area contributed by atoms with E-state index in [1.165, 1.54) is 30.3 Å². The molecule has 0 fully saturated rings. The Hall–Kier alpha value is -3.76. The number of halogens is 8. The van der Waals surface area contributed by atoms with Gasteiger partial charge in [-0.05, 0) is 42.3 Å². The van der Waals surface area contributed by atoms with Crippen LogP contribution in [0.5, 0.6) is 17.2 Å². The van der Waals surface area contributed by atoms with Gasteiger partial charge in [0.25, 0.3) is 0 Å². The number of hydrogen-bond donors (Lipinski definition) is 2. The van der Waals surface area contributed by atoms with E-state index in [0.29, 0.717) is 5.56 Å². The van der Waals surface area contributed by atoms with Crippen LogP contribution in [0.1, 0.15) is 24.0 Å². The van der Waals surface area contributed by atoms with Crippen molar-refractivity contribution in [2.75, 3.05) is 11.9 Å². The minimum Gasteiger partial charge on any atom is -0.508 e. The predicted octanol–water partition coefficient (Wildman–Crippen LogP) is 6.12. The third-order valence-corrected chi connectivity index (χ3v) is 5.35. The first-order valence-corrected chi connectivity index (χ1v) is 10.5. The van der Waals surface area contributed by atoms with E-state index < -0.39 is 49.1 Å². The average molecular weight is 515 g/mol. The number of anilines is 1. The average Bonchev–Trinajstić information content (AvgIpc) is 2.76. The fourth-order valence-electron chi connectivity index (χ4n) is 3.76. The Bertz CT molecular complexity index is 1410. The van der Waals surface area contributed by atoms with Crippen LogP contribution in [-0.2, 0) is 0 Å². The van der Waals surface area contributed by atoms with E-state index in [9.17, 15) is 40.2 Å². The van der Waals surface area contributed by atoms with Gasteiger partial charge in [-0.15, -0.1) is 0 Å². The van der Waals surface area contributed by atoms with Crippen LogP contribution in [0, 0.1) is 11.6 Å². The molecule has 3 aromatic carbocycles. The molecule has 0 saturated heterocycles. The zero-order valence-corrected chi connectivity index (χ0v) is 18.2. The molecule has 36 heavy (non-hydrogen) atoms. The number of nitrogens with one attached hydrogen (secondary N) is 1. The number of phenols is 1. The van der Waals surface area contributed by atoms with E-state index in [0.717, 1.165) is 24.3 Å². The van der Waals surface area contributed by atoms with E-state index >= 15 is 0 Å².